The molecule has 1 unspecified atom stereocenters. The molecule has 0 radical (unpaired) electrons. The molecule has 3 rings (SSSR count). The predicted octanol–water partition coefficient (Wildman–Crippen LogP) is 2.10. The number of nitrogens with one attached hydrogen (secondary N) is 1. The van der Waals surface area contributed by atoms with Gasteiger partial charge in [0.25, 0.3) is 5.91 Å². The van der Waals surface area contributed by atoms with E-state index in [1.807, 2.05) is 0 Å². The molecule has 2 aromatic rings. The first-order valence-corrected chi connectivity index (χ1v) is 10.9. The minimum absolute atomic E-state index is 0.0270. The zero-order chi connectivity index (χ0) is 20.0. The maximum absolute atomic E-state index is 12.7. The van der Waals surface area contributed by atoms with Crippen LogP contribution < -0.4 is 11.1 Å². The lowest BCUT2D eigenvalue weighted by Crippen LogP contribution is -2.54. The summed E-state index contributed by atoms with van der Waals surface area (Å²) >= 11 is 7.43. The number of halogens is 1. The van der Waals surface area contributed by atoms with E-state index in [-0.39, 0.29) is 29.1 Å². The van der Waals surface area contributed by atoms with Crippen molar-refractivity contribution in [3.05, 3.63) is 38.9 Å². The van der Waals surface area contributed by atoms with E-state index in [2.05, 4.69) is 15.5 Å². The SMILES string of the molecule is CC1(c2sc(C(=O)NCc3cnoc3)cc2Cl)CS(=O)(=O)C(C)(C)C(N)=N1. The van der Waals surface area contributed by atoms with E-state index in [1.54, 1.807) is 6.92 Å². The van der Waals surface area contributed by atoms with Crippen LogP contribution in [-0.2, 0) is 21.9 Å². The van der Waals surface area contributed by atoms with Gasteiger partial charge in [0, 0.05) is 12.1 Å². The summed E-state index contributed by atoms with van der Waals surface area (Å²) < 4.78 is 28.9. The topological polar surface area (TPSA) is 128 Å². The summed E-state index contributed by atoms with van der Waals surface area (Å²) in [7, 11) is -3.56. The second kappa shape index (κ2) is 6.61. The molecule has 3 N–H and O–H groups in total. The van der Waals surface area contributed by atoms with Crippen molar-refractivity contribution in [2.24, 2.45) is 10.7 Å². The molecule has 2 aromatic heterocycles. The number of sulfone groups is 1. The Morgan fingerprint density at radius 2 is 2.15 bits per heavy atom. The first kappa shape index (κ1) is 19.8. The number of hydrogen-bond acceptors (Lipinski definition) is 8. The molecule has 1 amide bonds. The molecule has 27 heavy (non-hydrogen) atoms. The Hall–Kier alpha value is -1.91. The fourth-order valence-electron chi connectivity index (χ4n) is 2.69. The van der Waals surface area contributed by atoms with Crippen molar-refractivity contribution in [2.75, 3.05) is 5.75 Å². The number of thiophene rings is 1. The fourth-order valence-corrected chi connectivity index (χ4v) is 6.00. The van der Waals surface area contributed by atoms with Gasteiger partial charge < -0.3 is 15.6 Å². The fraction of sp³-hybridized carbons (Fsp3) is 0.438. The molecule has 3 heterocycles. The van der Waals surface area contributed by atoms with Crippen molar-refractivity contribution in [2.45, 2.75) is 37.6 Å². The normalized spacial score (nSPS) is 23.6. The zero-order valence-electron chi connectivity index (χ0n) is 14.9. The largest absolute Gasteiger partial charge is 0.386 e. The van der Waals surface area contributed by atoms with Gasteiger partial charge in [-0.2, -0.15) is 0 Å². The first-order chi connectivity index (χ1) is 12.5. The van der Waals surface area contributed by atoms with Gasteiger partial charge in [0.2, 0.25) is 0 Å². The van der Waals surface area contributed by atoms with Gasteiger partial charge in [-0.05, 0) is 26.8 Å². The number of nitrogens with zero attached hydrogens (tertiary/aromatic N) is 2. The Kier molecular flexibility index (Phi) is 4.86. The van der Waals surface area contributed by atoms with Crippen LogP contribution in [0.5, 0.6) is 0 Å². The molecule has 11 heteroatoms. The number of aromatic nitrogens is 1. The Morgan fingerprint density at radius 1 is 1.44 bits per heavy atom. The summed E-state index contributed by atoms with van der Waals surface area (Å²) in [4.78, 5) is 17.7. The van der Waals surface area contributed by atoms with Crippen molar-refractivity contribution in [1.82, 2.24) is 10.5 Å². The van der Waals surface area contributed by atoms with Crippen LogP contribution in [0.1, 0.15) is 40.9 Å². The highest BCUT2D eigenvalue weighted by atomic mass is 35.5. The van der Waals surface area contributed by atoms with Gasteiger partial charge in [-0.3, -0.25) is 9.79 Å². The van der Waals surface area contributed by atoms with E-state index in [0.29, 0.717) is 9.75 Å². The minimum Gasteiger partial charge on any atom is -0.386 e. The third-order valence-electron chi connectivity index (χ3n) is 4.57. The van der Waals surface area contributed by atoms with Crippen LogP contribution in [0.3, 0.4) is 0 Å². The summed E-state index contributed by atoms with van der Waals surface area (Å²) in [5.41, 5.74) is 5.53. The number of carbonyl (C=O) groups excluding carboxylic acids is 1. The summed E-state index contributed by atoms with van der Waals surface area (Å²) in [5, 5.41) is 6.58. The van der Waals surface area contributed by atoms with Crippen LogP contribution in [0.15, 0.2) is 28.0 Å². The van der Waals surface area contributed by atoms with Crippen molar-refractivity contribution in [3.8, 4) is 0 Å². The highest BCUT2D eigenvalue weighted by Gasteiger charge is 2.49. The third-order valence-corrected chi connectivity index (χ3v) is 9.07. The number of amides is 1. The molecule has 1 aliphatic rings. The smallest absolute Gasteiger partial charge is 0.261 e. The van der Waals surface area contributed by atoms with E-state index in [1.165, 1.54) is 32.4 Å². The van der Waals surface area contributed by atoms with E-state index in [9.17, 15) is 13.2 Å². The second-order valence-electron chi connectivity index (χ2n) is 7.04. The van der Waals surface area contributed by atoms with Crippen molar-refractivity contribution in [1.29, 1.82) is 0 Å². The van der Waals surface area contributed by atoms with Crippen LogP contribution in [0, 0.1) is 0 Å². The Bertz CT molecular complexity index is 1010. The molecule has 1 atom stereocenters. The predicted molar refractivity (Wildman–Crippen MR) is 104 cm³/mol. The molecule has 0 saturated carbocycles. The minimum atomic E-state index is -3.56. The molecule has 146 valence electrons. The van der Waals surface area contributed by atoms with Gasteiger partial charge >= 0.3 is 0 Å². The van der Waals surface area contributed by atoms with Crippen LogP contribution in [0.4, 0.5) is 0 Å². The van der Waals surface area contributed by atoms with E-state index >= 15 is 0 Å². The Labute approximate surface area is 165 Å². The number of nitrogens with two attached hydrogens (primary N) is 1. The average molecular weight is 431 g/mol. The van der Waals surface area contributed by atoms with E-state index < -0.39 is 20.1 Å². The van der Waals surface area contributed by atoms with Crippen LogP contribution in [0.2, 0.25) is 5.02 Å². The van der Waals surface area contributed by atoms with Gasteiger partial charge in [0.15, 0.2) is 9.84 Å². The second-order valence-corrected chi connectivity index (χ2v) is 11.0. The van der Waals surface area contributed by atoms with E-state index in [4.69, 9.17) is 21.9 Å². The van der Waals surface area contributed by atoms with E-state index in [0.717, 1.165) is 16.9 Å². The molecule has 8 nitrogen and oxygen atoms in total. The average Bonchev–Trinajstić information content (AvgIpc) is 3.20. The van der Waals surface area contributed by atoms with Crippen molar-refractivity contribution >= 4 is 44.5 Å². The van der Waals surface area contributed by atoms with Crippen LogP contribution >= 0.6 is 22.9 Å². The highest BCUT2D eigenvalue weighted by Crippen LogP contribution is 2.43. The summed E-state index contributed by atoms with van der Waals surface area (Å²) in [6, 6.07) is 1.51. The Morgan fingerprint density at radius 3 is 2.74 bits per heavy atom. The highest BCUT2D eigenvalue weighted by molar-refractivity contribution is 7.93. The number of amidine groups is 1. The number of carbonyl (C=O) groups is 1. The molecule has 0 saturated heterocycles. The van der Waals surface area contributed by atoms with Gasteiger partial charge in [-0.25, -0.2) is 8.42 Å². The monoisotopic (exact) mass is 430 g/mol. The Balaban J connectivity index is 1.90. The number of rotatable bonds is 4. The lowest BCUT2D eigenvalue weighted by Gasteiger charge is -2.37. The molecule has 0 fully saturated rings. The first-order valence-electron chi connectivity index (χ1n) is 8.01. The molecular weight excluding hydrogens is 412 g/mol. The molecular formula is C16H19ClN4O4S2. The maximum Gasteiger partial charge on any atom is 0.261 e. The van der Waals surface area contributed by atoms with Gasteiger partial charge in [-0.1, -0.05) is 16.8 Å². The standard InChI is InChI=1S/C16H19ClN4O4S2/c1-15(2)14(18)21-16(3,8-27(15,23)24)12-10(17)4-11(26-12)13(22)19-5-9-6-20-25-7-9/h4,6-7H,5,8H2,1-3H3,(H2,18,21)(H,19,22). The van der Waals surface area contributed by atoms with Crippen molar-refractivity contribution < 1.29 is 17.7 Å². The zero-order valence-corrected chi connectivity index (χ0v) is 17.3. The lowest BCUT2D eigenvalue weighted by molar-refractivity contribution is 0.0955. The molecule has 0 spiro atoms. The van der Waals surface area contributed by atoms with Gasteiger partial charge in [-0.15, -0.1) is 11.3 Å². The summed E-state index contributed by atoms with van der Waals surface area (Å²) in [5.74, 6) is -0.552. The van der Waals surface area contributed by atoms with Gasteiger partial charge in [0.05, 0.1) is 26.7 Å². The summed E-state index contributed by atoms with van der Waals surface area (Å²) in [6.07, 6.45) is 2.93. The van der Waals surface area contributed by atoms with Gasteiger partial charge in [0.1, 0.15) is 22.4 Å². The number of hydrogen-bond donors (Lipinski definition) is 2. The molecule has 0 aliphatic carbocycles. The third kappa shape index (κ3) is 3.48. The van der Waals surface area contributed by atoms with Crippen LogP contribution in [-0.4, -0.2) is 35.8 Å². The summed E-state index contributed by atoms with van der Waals surface area (Å²) in [6.45, 7) is 4.96. The lowest BCUT2D eigenvalue weighted by atomic mass is 10.0. The maximum atomic E-state index is 12.7. The van der Waals surface area contributed by atoms with Crippen LogP contribution in [0.25, 0.3) is 0 Å². The van der Waals surface area contributed by atoms with Crippen molar-refractivity contribution in [3.63, 3.8) is 0 Å². The molecule has 0 bridgehead atoms. The quantitative estimate of drug-likeness (QED) is 0.764. The molecule has 0 aromatic carbocycles. The number of aliphatic imine (C=N–C) groups is 1. The molecule has 1 aliphatic heterocycles.